The number of carbonyl (C=O) groups is 1. The lowest BCUT2D eigenvalue weighted by Gasteiger charge is -2.24. The number of nitrogens with zero attached hydrogens (tertiary/aromatic N) is 3. The summed E-state index contributed by atoms with van der Waals surface area (Å²) in [5, 5.41) is 7.60. The van der Waals surface area contributed by atoms with Crippen LogP contribution in [0.1, 0.15) is 45.5 Å². The summed E-state index contributed by atoms with van der Waals surface area (Å²) >= 11 is 0. The fraction of sp³-hybridized carbons (Fsp3) is 0.400. The highest BCUT2D eigenvalue weighted by Gasteiger charge is 2.26. The zero-order chi connectivity index (χ0) is 22.1. The summed E-state index contributed by atoms with van der Waals surface area (Å²) in [6, 6.07) is 8.20. The number of aryl methyl sites for hydroxylation is 1. The van der Waals surface area contributed by atoms with Gasteiger partial charge in [-0.1, -0.05) is 6.07 Å². The van der Waals surface area contributed by atoms with Gasteiger partial charge in [-0.3, -0.25) is 14.5 Å². The third kappa shape index (κ3) is 4.12. The van der Waals surface area contributed by atoms with Gasteiger partial charge in [0.25, 0.3) is 5.91 Å². The van der Waals surface area contributed by atoms with Gasteiger partial charge in [0, 0.05) is 50.7 Å². The molecule has 1 amide bonds. The molecule has 3 aromatic rings. The van der Waals surface area contributed by atoms with Gasteiger partial charge in [0.2, 0.25) is 0 Å². The highest BCUT2D eigenvalue weighted by molar-refractivity contribution is 5.98. The number of rotatable bonds is 5. The van der Waals surface area contributed by atoms with Crippen LogP contribution in [0.25, 0.3) is 11.4 Å². The number of nitrogens with one attached hydrogen (secondary N) is 1. The van der Waals surface area contributed by atoms with Crippen LogP contribution in [-0.2, 0) is 24.6 Å². The van der Waals surface area contributed by atoms with E-state index in [2.05, 4.69) is 28.4 Å². The minimum absolute atomic E-state index is 0.0556. The SMILES string of the molecule is Cc1c(Cc2ccc(-c3ccn(C)n3)nc2)cc(C(=O)NC2CCOCC2)c2c1CCO2. The molecule has 2 aromatic heterocycles. The Labute approximate surface area is 187 Å². The van der Waals surface area contributed by atoms with E-state index in [9.17, 15) is 4.79 Å². The predicted molar refractivity (Wildman–Crippen MR) is 121 cm³/mol. The third-order valence-corrected chi connectivity index (χ3v) is 6.37. The molecule has 32 heavy (non-hydrogen) atoms. The minimum Gasteiger partial charge on any atom is -0.492 e. The first-order chi connectivity index (χ1) is 15.6. The van der Waals surface area contributed by atoms with Crippen LogP contribution in [0.15, 0.2) is 36.7 Å². The van der Waals surface area contributed by atoms with Crippen molar-refractivity contribution in [1.82, 2.24) is 20.1 Å². The fourth-order valence-electron chi connectivity index (χ4n) is 4.51. The van der Waals surface area contributed by atoms with Gasteiger partial charge in [0.05, 0.1) is 17.9 Å². The van der Waals surface area contributed by atoms with Gasteiger partial charge in [-0.2, -0.15) is 5.10 Å². The van der Waals surface area contributed by atoms with Crippen molar-refractivity contribution < 1.29 is 14.3 Å². The lowest BCUT2D eigenvalue weighted by atomic mass is 9.92. The molecule has 5 rings (SSSR count). The first kappa shape index (κ1) is 20.7. The van der Waals surface area contributed by atoms with Crippen molar-refractivity contribution >= 4 is 5.91 Å². The Morgan fingerprint density at radius 1 is 1.19 bits per heavy atom. The quantitative estimate of drug-likeness (QED) is 0.670. The van der Waals surface area contributed by atoms with E-state index < -0.39 is 0 Å². The van der Waals surface area contributed by atoms with Crippen molar-refractivity contribution in [1.29, 1.82) is 0 Å². The zero-order valence-electron chi connectivity index (χ0n) is 18.6. The molecule has 0 radical (unpaired) electrons. The van der Waals surface area contributed by atoms with Crippen LogP contribution in [0, 0.1) is 6.92 Å². The van der Waals surface area contributed by atoms with Crippen LogP contribution in [0.4, 0.5) is 0 Å². The Morgan fingerprint density at radius 3 is 2.75 bits per heavy atom. The number of carbonyl (C=O) groups excluding carboxylic acids is 1. The molecule has 166 valence electrons. The molecular formula is C25H28N4O3. The van der Waals surface area contributed by atoms with E-state index in [0.717, 1.165) is 53.1 Å². The molecule has 1 aromatic carbocycles. The van der Waals surface area contributed by atoms with E-state index in [-0.39, 0.29) is 11.9 Å². The van der Waals surface area contributed by atoms with E-state index in [0.29, 0.717) is 31.8 Å². The number of pyridine rings is 1. The Morgan fingerprint density at radius 2 is 2.03 bits per heavy atom. The van der Waals surface area contributed by atoms with Crippen molar-refractivity contribution in [3.05, 3.63) is 64.5 Å². The van der Waals surface area contributed by atoms with Gasteiger partial charge in [-0.05, 0) is 61.1 Å². The summed E-state index contributed by atoms with van der Waals surface area (Å²) in [6.07, 6.45) is 7.06. The first-order valence-corrected chi connectivity index (χ1v) is 11.2. The fourth-order valence-corrected chi connectivity index (χ4v) is 4.51. The molecule has 0 aliphatic carbocycles. The van der Waals surface area contributed by atoms with Gasteiger partial charge < -0.3 is 14.8 Å². The van der Waals surface area contributed by atoms with Gasteiger partial charge in [-0.25, -0.2) is 0 Å². The van der Waals surface area contributed by atoms with Crippen LogP contribution in [-0.4, -0.2) is 46.5 Å². The molecule has 4 heterocycles. The highest BCUT2D eigenvalue weighted by atomic mass is 16.5. The van der Waals surface area contributed by atoms with Crippen LogP contribution >= 0.6 is 0 Å². The standard InChI is InChI=1S/C25H28N4O3/c1-16-18(13-17-3-4-22(26-15-17)23-5-9-29(2)28-23)14-21(24-20(16)8-12-32-24)25(30)27-19-6-10-31-11-7-19/h3-5,9,14-15,19H,6-8,10-13H2,1-2H3,(H,27,30). The molecule has 0 spiro atoms. The van der Waals surface area contributed by atoms with Crippen LogP contribution in [0.2, 0.25) is 0 Å². The Balaban J connectivity index is 1.40. The van der Waals surface area contributed by atoms with Crippen molar-refractivity contribution in [3.63, 3.8) is 0 Å². The number of ether oxygens (including phenoxy) is 2. The summed E-state index contributed by atoms with van der Waals surface area (Å²) in [5.41, 5.74) is 6.94. The third-order valence-electron chi connectivity index (χ3n) is 6.37. The van der Waals surface area contributed by atoms with Crippen LogP contribution < -0.4 is 10.1 Å². The van der Waals surface area contributed by atoms with Crippen molar-refractivity contribution in [2.24, 2.45) is 7.05 Å². The lowest BCUT2D eigenvalue weighted by molar-refractivity contribution is 0.0695. The number of fused-ring (bicyclic) bond motifs is 1. The summed E-state index contributed by atoms with van der Waals surface area (Å²) in [7, 11) is 1.90. The summed E-state index contributed by atoms with van der Waals surface area (Å²) in [4.78, 5) is 17.7. The highest BCUT2D eigenvalue weighted by Crippen LogP contribution is 2.35. The van der Waals surface area contributed by atoms with Gasteiger partial charge in [-0.15, -0.1) is 0 Å². The van der Waals surface area contributed by atoms with Crippen LogP contribution in [0.3, 0.4) is 0 Å². The van der Waals surface area contributed by atoms with Crippen molar-refractivity contribution in [2.75, 3.05) is 19.8 Å². The minimum atomic E-state index is -0.0556. The molecule has 1 fully saturated rings. The van der Waals surface area contributed by atoms with E-state index in [1.165, 1.54) is 5.56 Å². The van der Waals surface area contributed by atoms with Crippen LogP contribution in [0.5, 0.6) is 5.75 Å². The average molecular weight is 433 g/mol. The van der Waals surface area contributed by atoms with Gasteiger partial charge >= 0.3 is 0 Å². The molecule has 0 saturated carbocycles. The molecule has 0 atom stereocenters. The number of aromatic nitrogens is 3. The molecule has 2 aliphatic heterocycles. The number of benzene rings is 1. The number of hydrogen-bond acceptors (Lipinski definition) is 5. The summed E-state index contributed by atoms with van der Waals surface area (Å²) in [6.45, 7) is 4.14. The zero-order valence-corrected chi connectivity index (χ0v) is 18.6. The monoisotopic (exact) mass is 432 g/mol. The number of amides is 1. The smallest absolute Gasteiger partial charge is 0.255 e. The van der Waals surface area contributed by atoms with Crippen molar-refractivity contribution in [3.8, 4) is 17.1 Å². The van der Waals surface area contributed by atoms with E-state index in [1.54, 1.807) is 4.68 Å². The maximum absolute atomic E-state index is 13.1. The lowest BCUT2D eigenvalue weighted by Crippen LogP contribution is -2.39. The normalized spacial score (nSPS) is 15.9. The maximum atomic E-state index is 13.1. The Kier molecular flexibility index (Phi) is 5.66. The largest absolute Gasteiger partial charge is 0.492 e. The summed E-state index contributed by atoms with van der Waals surface area (Å²) < 4.78 is 13.1. The second-order valence-corrected chi connectivity index (χ2v) is 8.58. The molecule has 1 saturated heterocycles. The van der Waals surface area contributed by atoms with E-state index in [4.69, 9.17) is 9.47 Å². The van der Waals surface area contributed by atoms with Gasteiger partial charge in [0.15, 0.2) is 0 Å². The van der Waals surface area contributed by atoms with E-state index in [1.807, 2.05) is 37.6 Å². The number of hydrogen-bond donors (Lipinski definition) is 1. The molecular weight excluding hydrogens is 404 g/mol. The maximum Gasteiger partial charge on any atom is 0.255 e. The molecule has 7 nitrogen and oxygen atoms in total. The first-order valence-electron chi connectivity index (χ1n) is 11.2. The Hall–Kier alpha value is -3.19. The van der Waals surface area contributed by atoms with E-state index >= 15 is 0 Å². The molecule has 7 heteroatoms. The second kappa shape index (κ2) is 8.74. The molecule has 1 N–H and O–H groups in total. The van der Waals surface area contributed by atoms with Crippen molar-refractivity contribution in [2.45, 2.75) is 38.6 Å². The second-order valence-electron chi connectivity index (χ2n) is 8.58. The molecule has 0 bridgehead atoms. The van der Waals surface area contributed by atoms with Gasteiger partial charge in [0.1, 0.15) is 11.4 Å². The summed E-state index contributed by atoms with van der Waals surface area (Å²) in [5.74, 6) is 0.694. The average Bonchev–Trinajstić information content (AvgIpc) is 3.46. The topological polar surface area (TPSA) is 78.3 Å². The predicted octanol–water partition coefficient (Wildman–Crippen LogP) is 3.23. The molecule has 0 unspecified atom stereocenters. The Bertz CT molecular complexity index is 1130. The molecule has 2 aliphatic rings.